The maximum Gasteiger partial charge on any atom is 0.249 e. The van der Waals surface area contributed by atoms with Crippen LogP contribution in [0.1, 0.15) is 15.2 Å². The van der Waals surface area contributed by atoms with Gasteiger partial charge in [0.25, 0.3) is 0 Å². The van der Waals surface area contributed by atoms with Gasteiger partial charge in [0, 0.05) is 29.1 Å². The molecule has 0 saturated carbocycles. The monoisotopic (exact) mass is 254 g/mol. The predicted octanol–water partition coefficient (Wildman–Crippen LogP) is 1.30. The summed E-state index contributed by atoms with van der Waals surface area (Å²) in [6.45, 7) is 1.69. The van der Waals surface area contributed by atoms with E-state index in [1.165, 1.54) is 0 Å². The lowest BCUT2D eigenvalue weighted by atomic mass is 10.3. The molecular weight excluding hydrogens is 240 g/mol. The minimum absolute atomic E-state index is 0.368. The molecule has 0 aliphatic rings. The average molecular weight is 254 g/mol. The summed E-state index contributed by atoms with van der Waals surface area (Å²) in [6, 6.07) is 1.83. The van der Waals surface area contributed by atoms with Gasteiger partial charge in [-0.15, -0.1) is 29.5 Å². The molecule has 0 spiro atoms. The Balaban J connectivity index is 2.17. The van der Waals surface area contributed by atoms with Gasteiger partial charge in [0.1, 0.15) is 0 Å². The van der Waals surface area contributed by atoms with E-state index in [0.717, 1.165) is 29.5 Å². The van der Waals surface area contributed by atoms with Gasteiger partial charge >= 0.3 is 0 Å². The maximum atomic E-state index is 10.8. The van der Waals surface area contributed by atoms with E-state index in [9.17, 15) is 4.79 Å². The molecule has 1 heterocycles. The molecule has 0 bridgehead atoms. The number of amides is 1. The summed E-state index contributed by atoms with van der Waals surface area (Å²) in [4.78, 5) is 12.0. The second kappa shape index (κ2) is 7.34. The normalized spacial score (nSPS) is 9.94. The predicted molar refractivity (Wildman–Crippen MR) is 70.7 cm³/mol. The number of rotatable bonds is 7. The lowest BCUT2D eigenvalue weighted by molar-refractivity contribution is 0.100. The molecule has 0 radical (unpaired) electrons. The van der Waals surface area contributed by atoms with Crippen molar-refractivity contribution in [3.05, 3.63) is 21.9 Å². The zero-order valence-electron chi connectivity index (χ0n) is 8.86. The van der Waals surface area contributed by atoms with Crippen molar-refractivity contribution in [1.82, 2.24) is 5.32 Å². The molecule has 0 aliphatic carbocycles. The third kappa shape index (κ3) is 4.71. The van der Waals surface area contributed by atoms with Gasteiger partial charge in [-0.2, -0.15) is 0 Å². The third-order valence-electron chi connectivity index (χ3n) is 1.85. The molecule has 1 aromatic rings. The number of carbonyl (C=O) groups is 1. The van der Waals surface area contributed by atoms with Crippen LogP contribution in [0.2, 0.25) is 0 Å². The zero-order valence-corrected chi connectivity index (χ0v) is 10.5. The van der Waals surface area contributed by atoms with Crippen molar-refractivity contribution in [3.8, 4) is 12.3 Å². The Kier molecular flexibility index (Phi) is 6.01. The Labute approximate surface area is 104 Å². The fourth-order valence-electron chi connectivity index (χ4n) is 1.09. The van der Waals surface area contributed by atoms with Crippen LogP contribution in [0.15, 0.2) is 11.4 Å². The maximum absolute atomic E-state index is 10.8. The number of thioether (sulfide) groups is 1. The van der Waals surface area contributed by atoms with Gasteiger partial charge in [0.05, 0.1) is 11.3 Å². The molecule has 0 saturated heterocycles. The molecule has 1 amide bonds. The SMILES string of the molecule is C#CCSCCNCc1cc(C(N)=O)cs1. The van der Waals surface area contributed by atoms with Gasteiger partial charge in [0.15, 0.2) is 0 Å². The van der Waals surface area contributed by atoms with Crippen molar-refractivity contribution in [2.45, 2.75) is 6.54 Å². The molecule has 0 unspecified atom stereocenters. The fourth-order valence-corrected chi connectivity index (χ4v) is 2.48. The van der Waals surface area contributed by atoms with Crippen LogP contribution in [0, 0.1) is 12.3 Å². The summed E-state index contributed by atoms with van der Waals surface area (Å²) in [5.41, 5.74) is 5.75. The van der Waals surface area contributed by atoms with E-state index in [2.05, 4.69) is 11.2 Å². The highest BCUT2D eigenvalue weighted by Crippen LogP contribution is 2.13. The quantitative estimate of drug-likeness (QED) is 0.570. The number of terminal acetylenes is 1. The van der Waals surface area contributed by atoms with E-state index >= 15 is 0 Å². The number of nitrogens with one attached hydrogen (secondary N) is 1. The second-order valence-corrected chi connectivity index (χ2v) is 5.20. The standard InChI is InChI=1S/C11H14N2OS2/c1-2-4-15-5-3-13-7-10-6-9(8-16-10)11(12)14/h1,6,8,13H,3-5,7H2,(H2,12,14). The van der Waals surface area contributed by atoms with Gasteiger partial charge in [-0.05, 0) is 6.07 Å². The summed E-state index contributed by atoms with van der Waals surface area (Å²) in [6.07, 6.45) is 5.13. The molecule has 0 fully saturated rings. The lowest BCUT2D eigenvalue weighted by Crippen LogP contribution is -2.16. The van der Waals surface area contributed by atoms with Gasteiger partial charge in [-0.1, -0.05) is 5.92 Å². The van der Waals surface area contributed by atoms with E-state index in [1.54, 1.807) is 28.5 Å². The Morgan fingerprint density at radius 3 is 3.12 bits per heavy atom. The summed E-state index contributed by atoms with van der Waals surface area (Å²) < 4.78 is 0. The summed E-state index contributed by atoms with van der Waals surface area (Å²) in [5, 5.41) is 5.07. The Bertz CT molecular complexity index is 382. The largest absolute Gasteiger partial charge is 0.366 e. The fraction of sp³-hybridized carbons (Fsp3) is 0.364. The number of primary amides is 1. The smallest absolute Gasteiger partial charge is 0.249 e. The van der Waals surface area contributed by atoms with E-state index in [0.29, 0.717) is 5.56 Å². The lowest BCUT2D eigenvalue weighted by Gasteiger charge is -2.00. The van der Waals surface area contributed by atoms with Gasteiger partial charge < -0.3 is 11.1 Å². The van der Waals surface area contributed by atoms with Gasteiger partial charge in [0.2, 0.25) is 5.91 Å². The highest BCUT2D eigenvalue weighted by molar-refractivity contribution is 7.99. The van der Waals surface area contributed by atoms with Gasteiger partial charge in [-0.25, -0.2) is 0 Å². The molecule has 1 rings (SSSR count). The summed E-state index contributed by atoms with van der Waals surface area (Å²) in [7, 11) is 0. The minimum Gasteiger partial charge on any atom is -0.366 e. The van der Waals surface area contributed by atoms with Crippen molar-refractivity contribution < 1.29 is 4.79 Å². The molecule has 0 atom stereocenters. The molecule has 5 heteroatoms. The van der Waals surface area contributed by atoms with Crippen molar-refractivity contribution >= 4 is 29.0 Å². The van der Waals surface area contributed by atoms with Crippen LogP contribution < -0.4 is 11.1 Å². The topological polar surface area (TPSA) is 55.1 Å². The molecule has 3 N–H and O–H groups in total. The molecule has 1 aromatic heterocycles. The number of thiophene rings is 1. The van der Waals surface area contributed by atoms with Crippen LogP contribution in [0.3, 0.4) is 0 Å². The van der Waals surface area contributed by atoms with Crippen LogP contribution in [0.5, 0.6) is 0 Å². The molecule has 16 heavy (non-hydrogen) atoms. The van der Waals surface area contributed by atoms with Crippen molar-refractivity contribution in [1.29, 1.82) is 0 Å². The number of hydrogen-bond acceptors (Lipinski definition) is 4. The molecule has 0 aromatic carbocycles. The van der Waals surface area contributed by atoms with Crippen molar-refractivity contribution in [3.63, 3.8) is 0 Å². The molecule has 3 nitrogen and oxygen atoms in total. The van der Waals surface area contributed by atoms with E-state index in [-0.39, 0.29) is 5.91 Å². The van der Waals surface area contributed by atoms with Crippen LogP contribution in [-0.4, -0.2) is 24.0 Å². The van der Waals surface area contributed by atoms with E-state index in [1.807, 2.05) is 6.07 Å². The zero-order chi connectivity index (χ0) is 11.8. The highest BCUT2D eigenvalue weighted by atomic mass is 32.2. The van der Waals surface area contributed by atoms with Crippen LogP contribution >= 0.6 is 23.1 Å². The number of carbonyl (C=O) groups excluding carboxylic acids is 1. The first-order valence-electron chi connectivity index (χ1n) is 4.83. The first kappa shape index (κ1) is 13.1. The Morgan fingerprint density at radius 2 is 2.50 bits per heavy atom. The summed E-state index contributed by atoms with van der Waals surface area (Å²) in [5.74, 6) is 3.96. The average Bonchev–Trinajstić information content (AvgIpc) is 2.72. The van der Waals surface area contributed by atoms with Crippen LogP contribution in [-0.2, 0) is 6.54 Å². The molecule has 86 valence electrons. The Morgan fingerprint density at radius 1 is 1.69 bits per heavy atom. The molecule has 0 aliphatic heterocycles. The number of nitrogens with two attached hydrogens (primary N) is 1. The van der Waals surface area contributed by atoms with Crippen molar-refractivity contribution in [2.24, 2.45) is 5.73 Å². The Hall–Kier alpha value is -0.960. The third-order valence-corrected chi connectivity index (χ3v) is 3.65. The number of hydrogen-bond donors (Lipinski definition) is 2. The summed E-state index contributed by atoms with van der Waals surface area (Å²) >= 11 is 3.27. The van der Waals surface area contributed by atoms with Gasteiger partial charge in [-0.3, -0.25) is 4.79 Å². The van der Waals surface area contributed by atoms with E-state index in [4.69, 9.17) is 12.2 Å². The van der Waals surface area contributed by atoms with Crippen molar-refractivity contribution in [2.75, 3.05) is 18.1 Å². The first-order chi connectivity index (χ1) is 7.74. The van der Waals surface area contributed by atoms with Crippen LogP contribution in [0.25, 0.3) is 0 Å². The van der Waals surface area contributed by atoms with E-state index < -0.39 is 0 Å². The van der Waals surface area contributed by atoms with Crippen LogP contribution in [0.4, 0.5) is 0 Å². The minimum atomic E-state index is -0.368. The molecular formula is C11H14N2OS2. The second-order valence-electron chi connectivity index (χ2n) is 3.10. The first-order valence-corrected chi connectivity index (χ1v) is 6.86. The highest BCUT2D eigenvalue weighted by Gasteiger charge is 2.03.